The fourth-order valence-electron chi connectivity index (χ4n) is 2.98. The summed E-state index contributed by atoms with van der Waals surface area (Å²) in [5.41, 5.74) is 1.97. The van der Waals surface area contributed by atoms with Crippen LogP contribution in [0, 0.1) is 23.0 Å². The van der Waals surface area contributed by atoms with Crippen LogP contribution in [-0.2, 0) is 16.1 Å². The van der Waals surface area contributed by atoms with E-state index in [4.69, 9.17) is 4.74 Å². The number of ether oxygens (including phenoxy) is 1. The molecule has 0 saturated carbocycles. The molecule has 0 spiro atoms. The highest BCUT2D eigenvalue weighted by molar-refractivity contribution is 5.98. The number of halogens is 2. The zero-order valence-electron chi connectivity index (χ0n) is 15.7. The Morgan fingerprint density at radius 2 is 1.97 bits per heavy atom. The lowest BCUT2D eigenvalue weighted by atomic mass is 10.1. The number of carbonyl (C=O) groups excluding carboxylic acids is 1. The zero-order valence-corrected chi connectivity index (χ0v) is 15.7. The van der Waals surface area contributed by atoms with Crippen molar-refractivity contribution in [1.82, 2.24) is 4.57 Å². The van der Waals surface area contributed by atoms with Gasteiger partial charge in [-0.05, 0) is 54.5 Å². The molecule has 0 saturated heterocycles. The molecule has 1 heterocycles. The summed E-state index contributed by atoms with van der Waals surface area (Å²) in [5.74, 6) is -1.50. The van der Waals surface area contributed by atoms with Gasteiger partial charge in [0.15, 0.2) is 0 Å². The van der Waals surface area contributed by atoms with E-state index in [0.717, 1.165) is 0 Å². The van der Waals surface area contributed by atoms with Gasteiger partial charge in [-0.2, -0.15) is 5.26 Å². The van der Waals surface area contributed by atoms with Gasteiger partial charge >= 0.3 is 5.97 Å². The molecule has 0 fully saturated rings. The maximum Gasteiger partial charge on any atom is 0.348 e. The monoisotopic (exact) mass is 392 g/mol. The van der Waals surface area contributed by atoms with Crippen molar-refractivity contribution in [3.05, 3.63) is 89.1 Å². The van der Waals surface area contributed by atoms with E-state index in [1.165, 1.54) is 24.3 Å². The number of carbonyl (C=O) groups is 1. The van der Waals surface area contributed by atoms with Gasteiger partial charge in [-0.3, -0.25) is 0 Å². The van der Waals surface area contributed by atoms with Crippen LogP contribution in [0.3, 0.4) is 0 Å². The van der Waals surface area contributed by atoms with Crippen LogP contribution in [0.4, 0.5) is 8.78 Å². The molecule has 0 radical (unpaired) electrons. The topological polar surface area (TPSA) is 55.0 Å². The van der Waals surface area contributed by atoms with E-state index in [1.807, 2.05) is 6.07 Å². The highest BCUT2D eigenvalue weighted by Crippen LogP contribution is 2.27. The van der Waals surface area contributed by atoms with Crippen LogP contribution in [0.5, 0.6) is 0 Å². The highest BCUT2D eigenvalue weighted by atomic mass is 19.1. The fourth-order valence-corrected chi connectivity index (χ4v) is 2.98. The standard InChI is InChI=1S/C23H18F2N2O2/c1-2-29-23(28)18(13-26)10-17-12-22(20-8-3-4-9-21(20)25)27(15-17)14-16-6-5-7-19(24)11-16/h3-12,15H,2,14H2,1H3/b18-10+. The third-order valence-electron chi connectivity index (χ3n) is 4.24. The van der Waals surface area contributed by atoms with Crippen molar-refractivity contribution in [3.8, 4) is 17.3 Å². The first-order chi connectivity index (χ1) is 14.0. The van der Waals surface area contributed by atoms with Crippen LogP contribution < -0.4 is 0 Å². The lowest BCUT2D eigenvalue weighted by molar-refractivity contribution is -0.137. The van der Waals surface area contributed by atoms with Crippen molar-refractivity contribution >= 4 is 12.0 Å². The Bertz CT molecular complexity index is 1110. The Hall–Kier alpha value is -3.72. The van der Waals surface area contributed by atoms with Gasteiger partial charge < -0.3 is 9.30 Å². The van der Waals surface area contributed by atoms with Gasteiger partial charge in [-0.25, -0.2) is 13.6 Å². The molecule has 0 unspecified atom stereocenters. The van der Waals surface area contributed by atoms with E-state index in [-0.39, 0.29) is 24.5 Å². The molecule has 0 atom stereocenters. The van der Waals surface area contributed by atoms with Gasteiger partial charge in [0.25, 0.3) is 0 Å². The average Bonchev–Trinajstić information content (AvgIpc) is 3.08. The number of nitrogens with zero attached hydrogens (tertiary/aromatic N) is 2. The molecule has 4 nitrogen and oxygen atoms in total. The Balaban J connectivity index is 2.07. The molecule has 29 heavy (non-hydrogen) atoms. The minimum Gasteiger partial charge on any atom is -0.462 e. The molecule has 0 amide bonds. The van der Waals surface area contributed by atoms with E-state index in [2.05, 4.69) is 0 Å². The van der Waals surface area contributed by atoms with Crippen LogP contribution in [0.2, 0.25) is 0 Å². The number of nitriles is 1. The Kier molecular flexibility index (Phi) is 6.20. The highest BCUT2D eigenvalue weighted by Gasteiger charge is 2.15. The largest absolute Gasteiger partial charge is 0.462 e. The maximum atomic E-state index is 14.4. The van der Waals surface area contributed by atoms with Gasteiger partial charge in [0, 0.05) is 18.3 Å². The first-order valence-electron chi connectivity index (χ1n) is 9.00. The number of benzene rings is 2. The number of hydrogen-bond acceptors (Lipinski definition) is 3. The summed E-state index contributed by atoms with van der Waals surface area (Å²) in [6.45, 7) is 2.09. The number of esters is 1. The van der Waals surface area contributed by atoms with Crippen LogP contribution >= 0.6 is 0 Å². The molecular weight excluding hydrogens is 374 g/mol. The van der Waals surface area contributed by atoms with Crippen LogP contribution in [0.25, 0.3) is 17.3 Å². The second-order valence-corrected chi connectivity index (χ2v) is 6.29. The SMILES string of the molecule is CCOC(=O)/C(C#N)=C/c1cc(-c2ccccc2F)n(Cc2cccc(F)c2)c1. The molecule has 3 aromatic rings. The van der Waals surface area contributed by atoms with Gasteiger partial charge in [0.05, 0.1) is 12.3 Å². The van der Waals surface area contributed by atoms with Gasteiger partial charge in [0.1, 0.15) is 23.3 Å². The summed E-state index contributed by atoms with van der Waals surface area (Å²) in [6, 6.07) is 15.9. The minimum atomic E-state index is -0.722. The summed E-state index contributed by atoms with van der Waals surface area (Å²) in [5, 5.41) is 9.26. The second-order valence-electron chi connectivity index (χ2n) is 6.29. The normalized spacial score (nSPS) is 11.2. The van der Waals surface area contributed by atoms with E-state index >= 15 is 0 Å². The van der Waals surface area contributed by atoms with Gasteiger partial charge in [0.2, 0.25) is 0 Å². The molecule has 0 N–H and O–H groups in total. The Labute approximate surface area is 167 Å². The molecule has 2 aromatic carbocycles. The van der Waals surface area contributed by atoms with Crippen molar-refractivity contribution < 1.29 is 18.3 Å². The minimum absolute atomic E-state index is 0.152. The van der Waals surface area contributed by atoms with Crippen molar-refractivity contribution in [3.63, 3.8) is 0 Å². The summed E-state index contributed by atoms with van der Waals surface area (Å²) in [7, 11) is 0. The van der Waals surface area contributed by atoms with E-state index in [0.29, 0.717) is 22.4 Å². The summed E-state index contributed by atoms with van der Waals surface area (Å²) < 4.78 is 34.6. The van der Waals surface area contributed by atoms with Crippen molar-refractivity contribution in [1.29, 1.82) is 5.26 Å². The van der Waals surface area contributed by atoms with E-state index < -0.39 is 11.8 Å². The molecule has 1 aromatic heterocycles. The van der Waals surface area contributed by atoms with Gasteiger partial charge in [-0.1, -0.05) is 24.3 Å². The first kappa shape index (κ1) is 20.0. The molecule has 0 bridgehead atoms. The summed E-state index contributed by atoms with van der Waals surface area (Å²) >= 11 is 0. The van der Waals surface area contributed by atoms with Crippen molar-refractivity contribution in [2.45, 2.75) is 13.5 Å². The van der Waals surface area contributed by atoms with Crippen molar-refractivity contribution in [2.24, 2.45) is 0 Å². The molecule has 146 valence electrons. The van der Waals surface area contributed by atoms with Crippen LogP contribution in [0.15, 0.2) is 66.4 Å². The smallest absolute Gasteiger partial charge is 0.348 e. The average molecular weight is 392 g/mol. The molecule has 6 heteroatoms. The first-order valence-corrected chi connectivity index (χ1v) is 9.00. The predicted molar refractivity (Wildman–Crippen MR) is 106 cm³/mol. The zero-order chi connectivity index (χ0) is 20.8. The summed E-state index contributed by atoms with van der Waals surface area (Å²) in [6.07, 6.45) is 3.08. The molecule has 0 aliphatic heterocycles. The fraction of sp³-hybridized carbons (Fsp3) is 0.130. The Morgan fingerprint density at radius 3 is 2.66 bits per heavy atom. The number of hydrogen-bond donors (Lipinski definition) is 0. The lowest BCUT2D eigenvalue weighted by Crippen LogP contribution is -2.05. The predicted octanol–water partition coefficient (Wildman–Crippen LogP) is 4.95. The van der Waals surface area contributed by atoms with Gasteiger partial charge in [-0.15, -0.1) is 0 Å². The third kappa shape index (κ3) is 4.77. The third-order valence-corrected chi connectivity index (χ3v) is 4.24. The second kappa shape index (κ2) is 8.98. The maximum absolute atomic E-state index is 14.4. The number of rotatable bonds is 6. The van der Waals surface area contributed by atoms with Crippen LogP contribution in [0.1, 0.15) is 18.1 Å². The molecular formula is C23H18F2N2O2. The molecule has 0 aliphatic rings. The molecule has 0 aliphatic carbocycles. The van der Waals surface area contributed by atoms with Crippen molar-refractivity contribution in [2.75, 3.05) is 6.61 Å². The molecule has 3 rings (SSSR count). The van der Waals surface area contributed by atoms with E-state index in [1.54, 1.807) is 54.1 Å². The Morgan fingerprint density at radius 1 is 1.17 bits per heavy atom. The van der Waals surface area contributed by atoms with Crippen LogP contribution in [-0.4, -0.2) is 17.1 Å². The number of aromatic nitrogens is 1. The summed E-state index contributed by atoms with van der Waals surface area (Å²) in [4.78, 5) is 11.9. The van der Waals surface area contributed by atoms with E-state index in [9.17, 15) is 18.8 Å². The quantitative estimate of drug-likeness (QED) is 0.339. The lowest BCUT2D eigenvalue weighted by Gasteiger charge is -2.10.